The Hall–Kier alpha value is -2.04. The maximum atomic E-state index is 12.1. The number of nitrogens with two attached hydrogens (primary N) is 1. The molecule has 4 nitrogen and oxygen atoms in total. The largest absolute Gasteiger partial charge is 0.495 e. The fraction of sp³-hybridized carbons (Fsp3) is 0.133. The summed E-state index contributed by atoms with van der Waals surface area (Å²) in [7, 11) is 1.53. The molecule has 0 heterocycles. The minimum Gasteiger partial charge on any atom is -0.495 e. The third-order valence-corrected chi connectivity index (χ3v) is 3.16. The van der Waals surface area contributed by atoms with Crippen LogP contribution in [-0.4, -0.2) is 13.0 Å². The number of rotatable bonds is 4. The summed E-state index contributed by atoms with van der Waals surface area (Å²) in [5, 5.41) is 3.16. The second-order valence-corrected chi connectivity index (χ2v) is 4.63. The average Bonchev–Trinajstić information content (AvgIpc) is 2.47. The Bertz CT molecular complexity index is 602. The van der Waals surface area contributed by atoms with Crippen LogP contribution in [0.15, 0.2) is 48.5 Å². The van der Waals surface area contributed by atoms with Gasteiger partial charge in [0.25, 0.3) is 0 Å². The molecular formula is C15H15ClN2O2. The van der Waals surface area contributed by atoms with Crippen molar-refractivity contribution in [3.8, 4) is 5.75 Å². The van der Waals surface area contributed by atoms with E-state index in [2.05, 4.69) is 5.32 Å². The topological polar surface area (TPSA) is 64.3 Å². The van der Waals surface area contributed by atoms with Gasteiger partial charge >= 0.3 is 0 Å². The zero-order valence-corrected chi connectivity index (χ0v) is 11.7. The van der Waals surface area contributed by atoms with E-state index in [-0.39, 0.29) is 5.91 Å². The van der Waals surface area contributed by atoms with E-state index in [0.717, 1.165) is 5.56 Å². The summed E-state index contributed by atoms with van der Waals surface area (Å²) in [5.41, 5.74) is 7.24. The molecule has 0 radical (unpaired) electrons. The Morgan fingerprint density at radius 1 is 1.25 bits per heavy atom. The van der Waals surface area contributed by atoms with Gasteiger partial charge in [0.2, 0.25) is 5.91 Å². The molecule has 2 aromatic carbocycles. The van der Waals surface area contributed by atoms with Crippen LogP contribution in [0.2, 0.25) is 5.02 Å². The maximum absolute atomic E-state index is 12.1. The highest BCUT2D eigenvalue weighted by Gasteiger charge is 2.15. The molecule has 0 aliphatic carbocycles. The number of methoxy groups -OCH3 is 1. The first kappa shape index (κ1) is 14.4. The van der Waals surface area contributed by atoms with Crippen LogP contribution in [0.1, 0.15) is 11.6 Å². The first-order valence-corrected chi connectivity index (χ1v) is 6.44. The highest BCUT2D eigenvalue weighted by Crippen LogP contribution is 2.27. The lowest BCUT2D eigenvalue weighted by atomic mass is 10.1. The number of halogens is 1. The van der Waals surface area contributed by atoms with Crippen molar-refractivity contribution in [1.82, 2.24) is 0 Å². The number of nitrogens with one attached hydrogen (secondary N) is 1. The van der Waals surface area contributed by atoms with Crippen molar-refractivity contribution in [1.29, 1.82) is 0 Å². The summed E-state index contributed by atoms with van der Waals surface area (Å²) >= 11 is 6.00. The number of carbonyl (C=O) groups excluding carboxylic acids is 1. The lowest BCUT2D eigenvalue weighted by molar-refractivity contribution is -0.117. The highest BCUT2D eigenvalue weighted by atomic mass is 35.5. The van der Waals surface area contributed by atoms with Crippen molar-refractivity contribution in [2.75, 3.05) is 12.4 Å². The monoisotopic (exact) mass is 290 g/mol. The highest BCUT2D eigenvalue weighted by molar-refractivity contribution is 6.32. The molecule has 0 fully saturated rings. The van der Waals surface area contributed by atoms with Crippen LogP contribution in [0.5, 0.6) is 5.75 Å². The van der Waals surface area contributed by atoms with Gasteiger partial charge in [0, 0.05) is 5.69 Å². The molecule has 0 unspecified atom stereocenters. The number of benzene rings is 2. The zero-order chi connectivity index (χ0) is 14.5. The van der Waals surface area contributed by atoms with Gasteiger partial charge in [-0.05, 0) is 23.8 Å². The molecule has 5 heteroatoms. The molecule has 2 aromatic rings. The first-order valence-electron chi connectivity index (χ1n) is 6.06. The van der Waals surface area contributed by atoms with Gasteiger partial charge in [-0.15, -0.1) is 0 Å². The number of anilines is 1. The molecule has 0 aromatic heterocycles. The second-order valence-electron chi connectivity index (χ2n) is 4.23. The van der Waals surface area contributed by atoms with Gasteiger partial charge in [0.05, 0.1) is 12.1 Å². The van der Waals surface area contributed by atoms with E-state index >= 15 is 0 Å². The van der Waals surface area contributed by atoms with Crippen molar-refractivity contribution in [3.05, 3.63) is 59.1 Å². The van der Waals surface area contributed by atoms with E-state index in [1.54, 1.807) is 18.2 Å². The van der Waals surface area contributed by atoms with Crippen LogP contribution in [0.25, 0.3) is 0 Å². The predicted octanol–water partition coefficient (Wildman–Crippen LogP) is 2.99. The van der Waals surface area contributed by atoms with Crippen molar-refractivity contribution in [2.45, 2.75) is 6.04 Å². The van der Waals surface area contributed by atoms with Gasteiger partial charge in [-0.25, -0.2) is 0 Å². The minimum absolute atomic E-state index is 0.294. The molecule has 3 N–H and O–H groups in total. The van der Waals surface area contributed by atoms with Crippen LogP contribution in [0.3, 0.4) is 0 Å². The number of carbonyl (C=O) groups is 1. The number of hydrogen-bond acceptors (Lipinski definition) is 3. The SMILES string of the molecule is COc1ccc(NC(=O)[C@H](N)c2ccccc2)cc1Cl. The lowest BCUT2D eigenvalue weighted by Gasteiger charge is -2.13. The van der Waals surface area contributed by atoms with E-state index in [0.29, 0.717) is 16.5 Å². The summed E-state index contributed by atoms with van der Waals surface area (Å²) in [6, 6.07) is 13.5. The average molecular weight is 291 g/mol. The minimum atomic E-state index is -0.725. The molecule has 1 amide bonds. The summed E-state index contributed by atoms with van der Waals surface area (Å²) < 4.78 is 5.05. The van der Waals surface area contributed by atoms with Crippen LogP contribution < -0.4 is 15.8 Å². The van der Waals surface area contributed by atoms with Gasteiger partial charge in [0.15, 0.2) is 0 Å². The molecule has 0 aliphatic heterocycles. The van der Waals surface area contributed by atoms with Gasteiger partial charge in [-0.2, -0.15) is 0 Å². The molecule has 104 valence electrons. The van der Waals surface area contributed by atoms with Crippen LogP contribution in [0, 0.1) is 0 Å². The Morgan fingerprint density at radius 2 is 1.95 bits per heavy atom. The summed E-state index contributed by atoms with van der Waals surface area (Å²) in [5.74, 6) is 0.259. The molecular weight excluding hydrogens is 276 g/mol. The van der Waals surface area contributed by atoms with Crippen LogP contribution >= 0.6 is 11.6 Å². The normalized spacial score (nSPS) is 11.8. The zero-order valence-electron chi connectivity index (χ0n) is 11.0. The van der Waals surface area contributed by atoms with E-state index in [1.165, 1.54) is 7.11 Å². The van der Waals surface area contributed by atoms with E-state index in [1.807, 2.05) is 30.3 Å². The Kier molecular flexibility index (Phi) is 4.61. The molecule has 20 heavy (non-hydrogen) atoms. The van der Waals surface area contributed by atoms with Gasteiger partial charge in [0.1, 0.15) is 11.8 Å². The van der Waals surface area contributed by atoms with Crippen LogP contribution in [-0.2, 0) is 4.79 Å². The molecule has 0 saturated heterocycles. The van der Waals surface area contributed by atoms with E-state index < -0.39 is 6.04 Å². The number of hydrogen-bond donors (Lipinski definition) is 2. The summed E-state index contributed by atoms with van der Waals surface area (Å²) in [4.78, 5) is 12.1. The van der Waals surface area contributed by atoms with Gasteiger partial charge in [-0.1, -0.05) is 41.9 Å². The quantitative estimate of drug-likeness (QED) is 0.910. The molecule has 0 bridgehead atoms. The van der Waals surface area contributed by atoms with Crippen molar-refractivity contribution >= 4 is 23.2 Å². The first-order chi connectivity index (χ1) is 9.61. The molecule has 2 rings (SSSR count). The smallest absolute Gasteiger partial charge is 0.245 e. The molecule has 0 aliphatic rings. The summed E-state index contributed by atoms with van der Waals surface area (Å²) in [6.45, 7) is 0. The molecule has 0 saturated carbocycles. The van der Waals surface area contributed by atoms with Crippen molar-refractivity contribution < 1.29 is 9.53 Å². The van der Waals surface area contributed by atoms with Crippen molar-refractivity contribution in [2.24, 2.45) is 5.73 Å². The number of ether oxygens (including phenoxy) is 1. The third kappa shape index (κ3) is 3.29. The van der Waals surface area contributed by atoms with E-state index in [9.17, 15) is 4.79 Å². The predicted molar refractivity (Wildman–Crippen MR) is 80.0 cm³/mol. The second kappa shape index (κ2) is 6.41. The standard InChI is InChI=1S/C15H15ClN2O2/c1-20-13-8-7-11(9-12(13)16)18-15(19)14(17)10-5-3-2-4-6-10/h2-9,14H,17H2,1H3,(H,18,19)/t14-/m1/s1. The van der Waals surface area contributed by atoms with Crippen molar-refractivity contribution in [3.63, 3.8) is 0 Å². The van der Waals surface area contributed by atoms with Crippen LogP contribution in [0.4, 0.5) is 5.69 Å². The lowest BCUT2D eigenvalue weighted by Crippen LogP contribution is -2.27. The van der Waals surface area contributed by atoms with Gasteiger partial charge < -0.3 is 15.8 Å². The third-order valence-electron chi connectivity index (χ3n) is 2.86. The fourth-order valence-electron chi connectivity index (χ4n) is 1.78. The fourth-order valence-corrected chi connectivity index (χ4v) is 2.03. The maximum Gasteiger partial charge on any atom is 0.245 e. The molecule has 0 spiro atoms. The number of amides is 1. The van der Waals surface area contributed by atoms with E-state index in [4.69, 9.17) is 22.1 Å². The molecule has 1 atom stereocenters. The Labute approximate surface area is 122 Å². The Balaban J connectivity index is 2.10. The van der Waals surface area contributed by atoms with Gasteiger partial charge in [-0.3, -0.25) is 4.79 Å². The Morgan fingerprint density at radius 3 is 2.55 bits per heavy atom. The summed E-state index contributed by atoms with van der Waals surface area (Å²) in [6.07, 6.45) is 0.